The monoisotopic (exact) mass is 214 g/mol. The molecule has 2 atom stereocenters. The minimum absolute atomic E-state index is 0.208. The fourth-order valence-electron chi connectivity index (χ4n) is 0.941. The van der Waals surface area contributed by atoms with Crippen molar-refractivity contribution in [3.63, 3.8) is 0 Å². The van der Waals surface area contributed by atoms with Gasteiger partial charge in [-0.25, -0.2) is 0 Å². The van der Waals surface area contributed by atoms with E-state index in [1.54, 1.807) is 0 Å². The summed E-state index contributed by atoms with van der Waals surface area (Å²) in [4.78, 5) is 10.2. The van der Waals surface area contributed by atoms with Crippen LogP contribution in [0.1, 0.15) is 12.8 Å². The average Bonchev–Trinajstić information content (AvgIpc) is 2.02. The summed E-state index contributed by atoms with van der Waals surface area (Å²) in [7, 11) is 1.17. The van der Waals surface area contributed by atoms with E-state index < -0.39 is 24.2 Å². The molecule has 0 aliphatic rings. The zero-order valence-electron chi connectivity index (χ0n) is 7.64. The summed E-state index contributed by atoms with van der Waals surface area (Å²) in [5.74, 6) is -1.29. The van der Waals surface area contributed by atoms with Gasteiger partial charge in [-0.1, -0.05) is 0 Å². The van der Waals surface area contributed by atoms with E-state index in [0.717, 1.165) is 0 Å². The van der Waals surface area contributed by atoms with E-state index in [1.165, 1.54) is 7.05 Å². The first-order valence-electron chi connectivity index (χ1n) is 4.01. The molecule has 0 aromatic carbocycles. The largest absolute Gasteiger partial charge is 0.480 e. The minimum atomic E-state index is -4.37. The van der Waals surface area contributed by atoms with Gasteiger partial charge in [0.15, 0.2) is 0 Å². The Morgan fingerprint density at radius 2 is 2.00 bits per heavy atom. The highest BCUT2D eigenvalue weighted by Crippen LogP contribution is 2.23. The van der Waals surface area contributed by atoms with Gasteiger partial charge in [0.2, 0.25) is 0 Å². The van der Waals surface area contributed by atoms with Gasteiger partial charge in [0.25, 0.3) is 0 Å². The smallest absolute Gasteiger partial charge is 0.403 e. The van der Waals surface area contributed by atoms with Crippen molar-refractivity contribution in [1.29, 1.82) is 0 Å². The molecule has 0 heterocycles. The van der Waals surface area contributed by atoms with Gasteiger partial charge in [0.1, 0.15) is 12.1 Å². The second-order valence-corrected chi connectivity index (χ2v) is 2.90. The maximum atomic E-state index is 12.1. The topological polar surface area (TPSA) is 75.3 Å². The van der Waals surface area contributed by atoms with E-state index in [-0.39, 0.29) is 12.8 Å². The van der Waals surface area contributed by atoms with Crippen LogP contribution in [-0.4, -0.2) is 36.4 Å². The van der Waals surface area contributed by atoms with Crippen molar-refractivity contribution in [1.82, 2.24) is 5.32 Å². The highest BCUT2D eigenvalue weighted by atomic mass is 19.4. The second-order valence-electron chi connectivity index (χ2n) is 2.90. The van der Waals surface area contributed by atoms with E-state index in [1.807, 2.05) is 0 Å². The highest BCUT2D eigenvalue weighted by Gasteiger charge is 2.38. The van der Waals surface area contributed by atoms with E-state index in [2.05, 4.69) is 5.32 Å². The van der Waals surface area contributed by atoms with E-state index in [9.17, 15) is 18.0 Å². The van der Waals surface area contributed by atoms with Gasteiger partial charge >= 0.3 is 12.1 Å². The molecule has 0 unspecified atom stereocenters. The number of aliphatic carboxylic acids is 1. The molecule has 0 aromatic rings. The Labute approximate surface area is 79.3 Å². The lowest BCUT2D eigenvalue weighted by molar-refractivity contribution is -0.157. The van der Waals surface area contributed by atoms with Gasteiger partial charge in [-0.2, -0.15) is 13.2 Å². The van der Waals surface area contributed by atoms with Crippen LogP contribution in [0.5, 0.6) is 0 Å². The fourth-order valence-corrected chi connectivity index (χ4v) is 0.941. The second kappa shape index (κ2) is 5.16. The molecule has 7 heteroatoms. The number of alkyl halides is 3. The van der Waals surface area contributed by atoms with Gasteiger partial charge in [-0.05, 0) is 19.9 Å². The lowest BCUT2D eigenvalue weighted by Crippen LogP contribution is -2.42. The molecule has 0 saturated heterocycles. The van der Waals surface area contributed by atoms with Crippen molar-refractivity contribution >= 4 is 5.97 Å². The predicted molar refractivity (Wildman–Crippen MR) is 43.7 cm³/mol. The van der Waals surface area contributed by atoms with Gasteiger partial charge in [-0.15, -0.1) is 0 Å². The number of nitrogens with one attached hydrogen (secondary N) is 1. The molecule has 84 valence electrons. The molecule has 0 amide bonds. The maximum absolute atomic E-state index is 12.1. The summed E-state index contributed by atoms with van der Waals surface area (Å²) in [5, 5.41) is 10.4. The quantitative estimate of drug-likeness (QED) is 0.616. The number of hydrogen-bond acceptors (Lipinski definition) is 3. The Morgan fingerprint density at radius 1 is 1.50 bits per heavy atom. The molecule has 0 aliphatic carbocycles. The highest BCUT2D eigenvalue weighted by molar-refractivity contribution is 5.72. The van der Waals surface area contributed by atoms with Crippen LogP contribution in [0, 0.1) is 0 Å². The van der Waals surface area contributed by atoms with Crippen LogP contribution >= 0.6 is 0 Å². The normalized spacial score (nSPS) is 16.4. The summed E-state index contributed by atoms with van der Waals surface area (Å²) in [5.41, 5.74) is 5.07. The molecule has 0 aliphatic heterocycles. The van der Waals surface area contributed by atoms with E-state index >= 15 is 0 Å². The minimum Gasteiger partial charge on any atom is -0.480 e. The van der Waals surface area contributed by atoms with E-state index in [4.69, 9.17) is 10.8 Å². The zero-order valence-corrected chi connectivity index (χ0v) is 7.64. The first-order chi connectivity index (χ1) is 6.29. The third-order valence-corrected chi connectivity index (χ3v) is 1.83. The molecule has 0 spiro atoms. The van der Waals surface area contributed by atoms with Crippen LogP contribution in [0.3, 0.4) is 0 Å². The van der Waals surface area contributed by atoms with Gasteiger partial charge in [0, 0.05) is 0 Å². The Balaban J connectivity index is 4.03. The summed E-state index contributed by atoms with van der Waals surface area (Å²) >= 11 is 0. The lowest BCUT2D eigenvalue weighted by atomic mass is 10.1. The number of carboxylic acid groups (broad SMARTS) is 1. The Bertz CT molecular complexity index is 196. The van der Waals surface area contributed by atoms with Crippen molar-refractivity contribution in [2.45, 2.75) is 31.1 Å². The van der Waals surface area contributed by atoms with Crippen LogP contribution in [0.15, 0.2) is 0 Å². The summed E-state index contributed by atoms with van der Waals surface area (Å²) in [6.07, 6.45) is -4.92. The molecule has 4 N–H and O–H groups in total. The van der Waals surface area contributed by atoms with Gasteiger partial charge in [-0.3, -0.25) is 4.79 Å². The van der Waals surface area contributed by atoms with Crippen LogP contribution in [-0.2, 0) is 4.79 Å². The molecule has 0 saturated carbocycles. The summed E-state index contributed by atoms with van der Waals surface area (Å²) in [6, 6.07) is -2.94. The molecule has 4 nitrogen and oxygen atoms in total. The number of nitrogens with two attached hydrogens (primary N) is 1. The Morgan fingerprint density at radius 3 is 2.29 bits per heavy atom. The fraction of sp³-hybridized carbons (Fsp3) is 0.857. The average molecular weight is 214 g/mol. The molecule has 0 aromatic heterocycles. The number of rotatable bonds is 5. The number of hydrogen-bond donors (Lipinski definition) is 3. The molecule has 0 bridgehead atoms. The molecule has 0 radical (unpaired) electrons. The van der Waals surface area contributed by atoms with Crippen LogP contribution in [0.25, 0.3) is 0 Å². The molecular weight excluding hydrogens is 201 g/mol. The first-order valence-corrected chi connectivity index (χ1v) is 4.01. The van der Waals surface area contributed by atoms with Gasteiger partial charge in [0.05, 0.1) is 0 Å². The van der Waals surface area contributed by atoms with Crippen LogP contribution < -0.4 is 11.1 Å². The molecule has 0 rings (SSSR count). The third kappa shape index (κ3) is 4.43. The summed E-state index contributed by atoms with van der Waals surface area (Å²) in [6.45, 7) is 0. The summed E-state index contributed by atoms with van der Waals surface area (Å²) < 4.78 is 36.4. The zero-order chi connectivity index (χ0) is 11.4. The standard InChI is InChI=1S/C7H13F3N2O2/c1-12-5(7(8,9)10)3-2-4(11)6(13)14/h4-5,12H,2-3,11H2,1H3,(H,13,14)/t4-,5+/m1/s1. The third-order valence-electron chi connectivity index (χ3n) is 1.83. The maximum Gasteiger partial charge on any atom is 0.403 e. The van der Waals surface area contributed by atoms with Crippen LogP contribution in [0.2, 0.25) is 0 Å². The van der Waals surface area contributed by atoms with Crippen molar-refractivity contribution < 1.29 is 23.1 Å². The number of carboxylic acids is 1. The molecule has 0 fully saturated rings. The lowest BCUT2D eigenvalue weighted by Gasteiger charge is -2.20. The predicted octanol–water partition coefficient (Wildman–Crippen LogP) is 0.329. The Kier molecular flexibility index (Phi) is 4.86. The van der Waals surface area contributed by atoms with E-state index in [0.29, 0.717) is 0 Å². The molecular formula is C7H13F3N2O2. The van der Waals surface area contributed by atoms with Gasteiger partial charge < -0.3 is 16.2 Å². The van der Waals surface area contributed by atoms with Crippen molar-refractivity contribution in [3.8, 4) is 0 Å². The number of halogens is 3. The van der Waals surface area contributed by atoms with Crippen molar-refractivity contribution in [2.75, 3.05) is 7.05 Å². The van der Waals surface area contributed by atoms with Crippen molar-refractivity contribution in [3.05, 3.63) is 0 Å². The Hall–Kier alpha value is -0.820. The number of carbonyl (C=O) groups is 1. The first kappa shape index (κ1) is 13.2. The van der Waals surface area contributed by atoms with Crippen molar-refractivity contribution in [2.24, 2.45) is 5.73 Å². The molecule has 14 heavy (non-hydrogen) atoms. The SMILES string of the molecule is CN[C@@H](CC[C@@H](N)C(=O)O)C(F)(F)F. The van der Waals surface area contributed by atoms with Crippen LogP contribution in [0.4, 0.5) is 13.2 Å².